The van der Waals surface area contributed by atoms with Crippen molar-refractivity contribution in [3.05, 3.63) is 35.4 Å². The standard InChI is InChI=1S/C22H23ClN4O5S/c23-15-11-16-21(26-22(24-16)32-18-12-31-17-5-8-30-20(17)18)25-19(15)13-1-3-14(4-2-13)27-6-9-33(28,29)10-7-27/h1-4,11,17-18,20H,5-10,12H2,(H,24,25,26). The van der Waals surface area contributed by atoms with Crippen LogP contribution in [0.4, 0.5) is 5.69 Å². The van der Waals surface area contributed by atoms with E-state index in [1.165, 1.54) is 0 Å². The van der Waals surface area contributed by atoms with Crippen molar-refractivity contribution in [2.24, 2.45) is 0 Å². The van der Waals surface area contributed by atoms with Gasteiger partial charge in [-0.05, 0) is 24.6 Å². The highest BCUT2D eigenvalue weighted by Gasteiger charge is 2.43. The van der Waals surface area contributed by atoms with E-state index in [4.69, 9.17) is 25.8 Å². The number of hydrogen-bond donors (Lipinski definition) is 1. The van der Waals surface area contributed by atoms with E-state index >= 15 is 0 Å². The summed E-state index contributed by atoms with van der Waals surface area (Å²) in [5.41, 5.74) is 3.66. The molecule has 6 rings (SSSR count). The van der Waals surface area contributed by atoms with E-state index in [2.05, 4.69) is 19.9 Å². The van der Waals surface area contributed by atoms with Crippen molar-refractivity contribution >= 4 is 38.3 Å². The summed E-state index contributed by atoms with van der Waals surface area (Å²) in [6.45, 7) is 2.16. The molecular formula is C22H23ClN4O5S. The van der Waals surface area contributed by atoms with Gasteiger partial charge in [0, 0.05) is 30.9 Å². The zero-order valence-corrected chi connectivity index (χ0v) is 19.3. The topological polar surface area (TPSA) is 107 Å². The van der Waals surface area contributed by atoms with E-state index in [1.54, 1.807) is 6.07 Å². The van der Waals surface area contributed by atoms with E-state index in [1.807, 2.05) is 24.3 Å². The normalized spacial score (nSPS) is 26.6. The minimum absolute atomic E-state index is 0.0659. The second-order valence-corrected chi connectivity index (χ2v) is 11.3. The molecule has 3 aromatic rings. The summed E-state index contributed by atoms with van der Waals surface area (Å²) in [5, 5.41) is 0.498. The van der Waals surface area contributed by atoms with Crippen molar-refractivity contribution < 1.29 is 22.6 Å². The van der Waals surface area contributed by atoms with E-state index in [0.717, 1.165) is 17.7 Å². The number of rotatable bonds is 4. The molecule has 0 bridgehead atoms. The van der Waals surface area contributed by atoms with E-state index in [9.17, 15) is 8.42 Å². The lowest BCUT2D eigenvalue weighted by atomic mass is 10.1. The minimum atomic E-state index is -2.91. The van der Waals surface area contributed by atoms with Crippen molar-refractivity contribution in [2.75, 3.05) is 42.7 Å². The number of nitrogens with zero attached hydrogens (tertiary/aromatic N) is 3. The first-order chi connectivity index (χ1) is 15.9. The van der Waals surface area contributed by atoms with Gasteiger partial charge >= 0.3 is 0 Å². The Morgan fingerprint density at radius 2 is 1.91 bits per heavy atom. The van der Waals surface area contributed by atoms with Crippen LogP contribution in [0, 0.1) is 0 Å². The second kappa shape index (κ2) is 8.12. The molecule has 1 N–H and O–H groups in total. The molecule has 174 valence electrons. The van der Waals surface area contributed by atoms with Crippen LogP contribution < -0.4 is 9.64 Å². The Morgan fingerprint density at radius 3 is 2.70 bits per heavy atom. The number of imidazole rings is 1. The molecule has 0 spiro atoms. The monoisotopic (exact) mass is 490 g/mol. The van der Waals surface area contributed by atoms with Crippen molar-refractivity contribution in [3.63, 3.8) is 0 Å². The number of pyridine rings is 1. The summed E-state index contributed by atoms with van der Waals surface area (Å²) in [6, 6.07) is 9.97. The smallest absolute Gasteiger partial charge is 0.296 e. The summed E-state index contributed by atoms with van der Waals surface area (Å²) < 4.78 is 40.8. The maximum Gasteiger partial charge on any atom is 0.296 e. The van der Waals surface area contributed by atoms with E-state index in [-0.39, 0.29) is 29.8 Å². The minimum Gasteiger partial charge on any atom is -0.456 e. The van der Waals surface area contributed by atoms with Gasteiger partial charge in [-0.3, -0.25) is 0 Å². The highest BCUT2D eigenvalue weighted by Crippen LogP contribution is 2.32. The van der Waals surface area contributed by atoms with Gasteiger partial charge in [0.05, 0.1) is 40.4 Å². The molecule has 9 nitrogen and oxygen atoms in total. The summed E-state index contributed by atoms with van der Waals surface area (Å²) in [6.07, 6.45) is 0.714. The van der Waals surface area contributed by atoms with Crippen LogP contribution in [0.25, 0.3) is 22.4 Å². The van der Waals surface area contributed by atoms with Crippen LogP contribution in [0.15, 0.2) is 30.3 Å². The van der Waals surface area contributed by atoms with Crippen LogP contribution in [0.2, 0.25) is 5.02 Å². The molecule has 3 saturated heterocycles. The third kappa shape index (κ3) is 4.05. The number of H-pyrrole nitrogens is 1. The lowest BCUT2D eigenvalue weighted by molar-refractivity contribution is 0.0273. The van der Waals surface area contributed by atoms with Crippen LogP contribution >= 0.6 is 11.6 Å². The molecule has 5 heterocycles. The Balaban J connectivity index is 1.22. The van der Waals surface area contributed by atoms with Crippen LogP contribution in [-0.2, 0) is 19.3 Å². The lowest BCUT2D eigenvalue weighted by Crippen LogP contribution is -2.40. The van der Waals surface area contributed by atoms with E-state index < -0.39 is 9.84 Å². The quantitative estimate of drug-likeness (QED) is 0.594. The third-order valence-electron chi connectivity index (χ3n) is 6.44. The predicted octanol–water partition coefficient (Wildman–Crippen LogP) is 2.45. The Morgan fingerprint density at radius 1 is 1.12 bits per heavy atom. The van der Waals surface area contributed by atoms with Gasteiger partial charge in [0.25, 0.3) is 6.01 Å². The van der Waals surface area contributed by atoms with Crippen LogP contribution in [-0.4, -0.2) is 79.5 Å². The lowest BCUT2D eigenvalue weighted by Gasteiger charge is -2.28. The van der Waals surface area contributed by atoms with Gasteiger partial charge in [-0.2, -0.15) is 4.98 Å². The molecule has 0 aliphatic carbocycles. The summed E-state index contributed by atoms with van der Waals surface area (Å²) in [7, 11) is -2.91. The Labute approximate surface area is 195 Å². The number of benzene rings is 1. The number of nitrogens with one attached hydrogen (secondary N) is 1. The molecule has 1 aromatic carbocycles. The van der Waals surface area contributed by atoms with Gasteiger partial charge < -0.3 is 24.1 Å². The molecule has 3 aliphatic heterocycles. The fourth-order valence-electron chi connectivity index (χ4n) is 4.63. The van der Waals surface area contributed by atoms with Gasteiger partial charge in [0.2, 0.25) is 0 Å². The summed E-state index contributed by atoms with van der Waals surface area (Å²) >= 11 is 6.54. The first-order valence-electron chi connectivity index (χ1n) is 11.0. The van der Waals surface area contributed by atoms with Crippen LogP contribution in [0.1, 0.15) is 6.42 Å². The number of halogens is 1. The molecule has 3 aliphatic rings. The molecule has 2 aromatic heterocycles. The molecule has 33 heavy (non-hydrogen) atoms. The Kier molecular flexibility index (Phi) is 5.21. The molecule has 0 radical (unpaired) electrons. The van der Waals surface area contributed by atoms with E-state index in [0.29, 0.717) is 54.2 Å². The predicted molar refractivity (Wildman–Crippen MR) is 124 cm³/mol. The zero-order chi connectivity index (χ0) is 22.6. The number of aromatic nitrogens is 3. The molecule has 3 unspecified atom stereocenters. The second-order valence-electron chi connectivity index (χ2n) is 8.57. The third-order valence-corrected chi connectivity index (χ3v) is 8.34. The number of fused-ring (bicyclic) bond motifs is 2. The van der Waals surface area contributed by atoms with Crippen molar-refractivity contribution in [1.29, 1.82) is 0 Å². The van der Waals surface area contributed by atoms with Crippen LogP contribution in [0.5, 0.6) is 6.01 Å². The van der Waals surface area contributed by atoms with Gasteiger partial charge in [-0.1, -0.05) is 23.7 Å². The highest BCUT2D eigenvalue weighted by atomic mass is 35.5. The number of aromatic amines is 1. The van der Waals surface area contributed by atoms with Gasteiger partial charge in [0.15, 0.2) is 21.6 Å². The average Bonchev–Trinajstić information content (AvgIpc) is 3.50. The van der Waals surface area contributed by atoms with Crippen LogP contribution in [0.3, 0.4) is 0 Å². The number of ether oxygens (including phenoxy) is 3. The molecular weight excluding hydrogens is 468 g/mol. The zero-order valence-electron chi connectivity index (χ0n) is 17.7. The summed E-state index contributed by atoms with van der Waals surface area (Å²) in [4.78, 5) is 14.4. The maximum absolute atomic E-state index is 11.7. The largest absolute Gasteiger partial charge is 0.456 e. The highest BCUT2D eigenvalue weighted by molar-refractivity contribution is 7.91. The number of sulfone groups is 1. The van der Waals surface area contributed by atoms with Crippen molar-refractivity contribution in [3.8, 4) is 17.3 Å². The van der Waals surface area contributed by atoms with Crippen molar-refractivity contribution in [1.82, 2.24) is 15.0 Å². The maximum atomic E-state index is 11.7. The van der Waals surface area contributed by atoms with Gasteiger partial charge in [-0.15, -0.1) is 0 Å². The Bertz CT molecular complexity index is 1280. The molecule has 0 amide bonds. The Hall–Kier alpha value is -2.40. The average molecular weight is 491 g/mol. The number of anilines is 1. The molecule has 11 heteroatoms. The van der Waals surface area contributed by atoms with Gasteiger partial charge in [-0.25, -0.2) is 13.4 Å². The SMILES string of the molecule is O=S1(=O)CCN(c2ccc(-c3nc4nc(OC5COC6CCOC65)[nH]c4cc3Cl)cc2)CC1. The summed E-state index contributed by atoms with van der Waals surface area (Å²) in [5.74, 6) is 0.367. The fraction of sp³-hybridized carbons (Fsp3) is 0.455. The first-order valence-corrected chi connectivity index (χ1v) is 13.2. The molecule has 0 saturated carbocycles. The van der Waals surface area contributed by atoms with Crippen molar-refractivity contribution in [2.45, 2.75) is 24.7 Å². The molecule has 3 fully saturated rings. The molecule has 3 atom stereocenters. The first kappa shape index (κ1) is 21.2. The fourth-order valence-corrected chi connectivity index (χ4v) is 6.09. The number of hydrogen-bond acceptors (Lipinski definition) is 8. The van der Waals surface area contributed by atoms with Gasteiger partial charge in [0.1, 0.15) is 6.10 Å².